The van der Waals surface area contributed by atoms with Crippen molar-refractivity contribution in [2.45, 2.75) is 18.1 Å². The topological polar surface area (TPSA) is 35.5 Å². The number of benzene rings is 4. The Kier molecular flexibility index (Phi) is 7.36. The van der Waals surface area contributed by atoms with Gasteiger partial charge in [0.05, 0.1) is 13.7 Å². The van der Waals surface area contributed by atoms with Crippen molar-refractivity contribution in [3.05, 3.63) is 150 Å². The molecule has 3 nitrogen and oxygen atoms in total. The highest BCUT2D eigenvalue weighted by Crippen LogP contribution is 2.44. The van der Waals surface area contributed by atoms with E-state index in [9.17, 15) is 4.79 Å². The summed E-state index contributed by atoms with van der Waals surface area (Å²) in [5.41, 5.74) is 1.96. The molecule has 0 bridgehead atoms. The summed E-state index contributed by atoms with van der Waals surface area (Å²) in [6.07, 6.45) is 1.82. The van der Waals surface area contributed by atoms with Gasteiger partial charge in [-0.15, -0.1) is 6.58 Å². The second-order valence-electron chi connectivity index (χ2n) is 8.06. The third kappa shape index (κ3) is 4.70. The smallest absolute Gasteiger partial charge is 0.200 e. The van der Waals surface area contributed by atoms with Gasteiger partial charge in [0.1, 0.15) is 5.75 Å². The van der Waals surface area contributed by atoms with Crippen molar-refractivity contribution in [2.75, 3.05) is 7.11 Å². The minimum Gasteiger partial charge on any atom is -0.497 e. The molecule has 0 saturated carbocycles. The molecule has 0 amide bonds. The van der Waals surface area contributed by atoms with Crippen molar-refractivity contribution >= 4 is 5.78 Å². The van der Waals surface area contributed by atoms with Crippen molar-refractivity contribution in [3.8, 4) is 5.75 Å². The lowest BCUT2D eigenvalue weighted by Crippen LogP contribution is -2.44. The zero-order chi connectivity index (χ0) is 23.8. The number of carbonyl (C=O) groups excluding carboxylic acids is 1. The average molecular weight is 449 g/mol. The standard InChI is InChI=1S/C31H28O3/c1-3-29(25-13-7-4-8-14-25)31(27-17-11-6-12-18-27,30(32)26-15-9-5-10-16-26)34-23-24-19-21-28(33-2)22-20-24/h3-22,29H,1,23H2,2H3/t29-,31-/m1/s1. The van der Waals surface area contributed by atoms with Crippen LogP contribution < -0.4 is 4.74 Å². The Morgan fingerprint density at radius 1 is 0.824 bits per heavy atom. The maximum atomic E-state index is 14.4. The SMILES string of the molecule is C=C[C@H](c1ccccc1)[C@@](OCc1ccc(OC)cc1)(C(=O)c1ccccc1)c1ccccc1. The Labute approximate surface area is 201 Å². The predicted octanol–water partition coefficient (Wildman–Crippen LogP) is 6.96. The van der Waals surface area contributed by atoms with E-state index >= 15 is 0 Å². The number of hydrogen-bond acceptors (Lipinski definition) is 3. The van der Waals surface area contributed by atoms with Gasteiger partial charge in [0.25, 0.3) is 0 Å². The number of Topliss-reactive ketones (excluding diaryl/α,β-unsaturated/α-hetero) is 1. The van der Waals surface area contributed by atoms with E-state index in [0.29, 0.717) is 5.56 Å². The maximum absolute atomic E-state index is 14.4. The highest BCUT2D eigenvalue weighted by atomic mass is 16.5. The Bertz CT molecular complexity index is 1200. The molecule has 0 radical (unpaired) electrons. The molecule has 2 atom stereocenters. The zero-order valence-electron chi connectivity index (χ0n) is 19.3. The number of rotatable bonds is 10. The van der Waals surface area contributed by atoms with Gasteiger partial charge in [0.15, 0.2) is 11.4 Å². The van der Waals surface area contributed by atoms with Gasteiger partial charge in [0.2, 0.25) is 0 Å². The lowest BCUT2D eigenvalue weighted by Gasteiger charge is -2.39. The Morgan fingerprint density at radius 3 is 1.94 bits per heavy atom. The molecular formula is C31H28O3. The van der Waals surface area contributed by atoms with Crippen molar-refractivity contribution < 1.29 is 14.3 Å². The van der Waals surface area contributed by atoms with Gasteiger partial charge < -0.3 is 9.47 Å². The van der Waals surface area contributed by atoms with Crippen LogP contribution in [0.4, 0.5) is 0 Å². The lowest BCUT2D eigenvalue weighted by molar-refractivity contribution is -0.0480. The predicted molar refractivity (Wildman–Crippen MR) is 136 cm³/mol. The molecule has 0 saturated heterocycles. The molecule has 0 heterocycles. The van der Waals surface area contributed by atoms with Crippen LogP contribution in [0.2, 0.25) is 0 Å². The molecule has 3 heteroatoms. The fraction of sp³-hybridized carbons (Fsp3) is 0.129. The van der Waals surface area contributed by atoms with Gasteiger partial charge >= 0.3 is 0 Å². The summed E-state index contributed by atoms with van der Waals surface area (Å²) in [4.78, 5) is 14.4. The first-order valence-electron chi connectivity index (χ1n) is 11.3. The lowest BCUT2D eigenvalue weighted by atomic mass is 9.72. The first-order valence-corrected chi connectivity index (χ1v) is 11.3. The Hall–Kier alpha value is -3.95. The van der Waals surface area contributed by atoms with Gasteiger partial charge in [-0.2, -0.15) is 0 Å². The van der Waals surface area contributed by atoms with Crippen molar-refractivity contribution in [2.24, 2.45) is 0 Å². The summed E-state index contributed by atoms with van der Waals surface area (Å²) < 4.78 is 12.0. The molecule has 0 aliphatic carbocycles. The first kappa shape index (κ1) is 23.2. The van der Waals surface area contributed by atoms with E-state index in [1.54, 1.807) is 7.11 Å². The number of ether oxygens (including phenoxy) is 2. The Morgan fingerprint density at radius 2 is 1.38 bits per heavy atom. The monoisotopic (exact) mass is 448 g/mol. The van der Waals surface area contributed by atoms with E-state index in [-0.39, 0.29) is 12.4 Å². The van der Waals surface area contributed by atoms with Crippen molar-refractivity contribution in [3.63, 3.8) is 0 Å². The molecule has 0 aliphatic heterocycles. The quantitative estimate of drug-likeness (QED) is 0.194. The summed E-state index contributed by atoms with van der Waals surface area (Å²) in [5.74, 6) is 0.246. The number of methoxy groups -OCH3 is 1. The normalized spacial score (nSPS) is 13.4. The largest absolute Gasteiger partial charge is 0.497 e. The van der Waals surface area contributed by atoms with Crippen LogP contribution in [-0.2, 0) is 16.9 Å². The second-order valence-corrected chi connectivity index (χ2v) is 8.06. The molecule has 0 fully saturated rings. The molecule has 4 rings (SSSR count). The van der Waals surface area contributed by atoms with Gasteiger partial charge in [0, 0.05) is 11.5 Å². The molecule has 0 unspecified atom stereocenters. The van der Waals surface area contributed by atoms with Crippen LogP contribution in [0, 0.1) is 0 Å². The van der Waals surface area contributed by atoms with E-state index in [2.05, 4.69) is 6.58 Å². The summed E-state index contributed by atoms with van der Waals surface area (Å²) in [6.45, 7) is 4.38. The highest BCUT2D eigenvalue weighted by molar-refractivity contribution is 6.04. The van der Waals surface area contributed by atoms with E-state index in [4.69, 9.17) is 9.47 Å². The molecule has 0 aliphatic rings. The molecule has 0 N–H and O–H groups in total. The molecule has 4 aromatic rings. The zero-order valence-corrected chi connectivity index (χ0v) is 19.3. The van der Waals surface area contributed by atoms with Gasteiger partial charge in [-0.05, 0) is 28.8 Å². The van der Waals surface area contributed by atoms with Crippen molar-refractivity contribution in [1.29, 1.82) is 0 Å². The first-order chi connectivity index (χ1) is 16.7. The van der Waals surface area contributed by atoms with Crippen LogP contribution in [-0.4, -0.2) is 12.9 Å². The van der Waals surface area contributed by atoms with Gasteiger partial charge in [-0.1, -0.05) is 109 Å². The number of ketones is 1. The molecule has 170 valence electrons. The van der Waals surface area contributed by atoms with Crippen LogP contribution in [0.5, 0.6) is 5.75 Å². The van der Waals surface area contributed by atoms with E-state index < -0.39 is 11.5 Å². The van der Waals surface area contributed by atoms with E-state index in [1.165, 1.54) is 0 Å². The average Bonchev–Trinajstić information content (AvgIpc) is 2.92. The summed E-state index contributed by atoms with van der Waals surface area (Å²) in [6, 6.07) is 36.7. The summed E-state index contributed by atoms with van der Waals surface area (Å²) >= 11 is 0. The van der Waals surface area contributed by atoms with Crippen LogP contribution in [0.1, 0.15) is 33.0 Å². The Balaban J connectivity index is 1.88. The molecule has 34 heavy (non-hydrogen) atoms. The minimum absolute atomic E-state index is 0.110. The summed E-state index contributed by atoms with van der Waals surface area (Å²) in [5, 5.41) is 0. The molecule has 4 aromatic carbocycles. The third-order valence-electron chi connectivity index (χ3n) is 6.03. The van der Waals surface area contributed by atoms with Crippen LogP contribution in [0.15, 0.2) is 128 Å². The number of carbonyl (C=O) groups is 1. The van der Waals surface area contributed by atoms with Crippen LogP contribution in [0.25, 0.3) is 0 Å². The van der Waals surface area contributed by atoms with Gasteiger partial charge in [-0.3, -0.25) is 4.79 Å². The van der Waals surface area contributed by atoms with Gasteiger partial charge in [-0.25, -0.2) is 0 Å². The number of hydrogen-bond donors (Lipinski definition) is 0. The molecule has 0 spiro atoms. The fourth-order valence-corrected chi connectivity index (χ4v) is 4.30. The van der Waals surface area contributed by atoms with Crippen LogP contribution >= 0.6 is 0 Å². The summed E-state index contributed by atoms with van der Waals surface area (Å²) in [7, 11) is 1.64. The van der Waals surface area contributed by atoms with Crippen LogP contribution in [0.3, 0.4) is 0 Å². The highest BCUT2D eigenvalue weighted by Gasteiger charge is 2.48. The van der Waals surface area contributed by atoms with E-state index in [0.717, 1.165) is 22.4 Å². The third-order valence-corrected chi connectivity index (χ3v) is 6.03. The molecular weight excluding hydrogens is 420 g/mol. The fourth-order valence-electron chi connectivity index (χ4n) is 4.30. The second kappa shape index (κ2) is 10.8. The minimum atomic E-state index is -1.31. The maximum Gasteiger partial charge on any atom is 0.200 e. The molecule has 0 aromatic heterocycles. The van der Waals surface area contributed by atoms with Crippen molar-refractivity contribution in [1.82, 2.24) is 0 Å². The van der Waals surface area contributed by atoms with E-state index in [1.807, 2.05) is 121 Å².